The Morgan fingerprint density at radius 1 is 1.29 bits per heavy atom. The average molecular weight is 266 g/mol. The molecule has 0 saturated carbocycles. The Bertz CT molecular complexity index is 377. The molecule has 0 heterocycles. The molecule has 0 aliphatic heterocycles. The van der Waals surface area contributed by atoms with Gasteiger partial charge in [0.15, 0.2) is 0 Å². The Labute approximate surface area is 101 Å². The van der Waals surface area contributed by atoms with Crippen LogP contribution in [-0.4, -0.2) is 44.2 Å². The van der Waals surface area contributed by atoms with E-state index in [-0.39, 0.29) is 12.3 Å². The van der Waals surface area contributed by atoms with E-state index in [9.17, 15) is 18.0 Å². The lowest BCUT2D eigenvalue weighted by Crippen LogP contribution is -2.45. The van der Waals surface area contributed by atoms with E-state index in [1.807, 2.05) is 18.6 Å². The van der Waals surface area contributed by atoms with Crippen molar-refractivity contribution in [3.8, 4) is 0 Å². The molecule has 7 nitrogen and oxygen atoms in total. The zero-order chi connectivity index (χ0) is 13.6. The van der Waals surface area contributed by atoms with Crippen molar-refractivity contribution in [2.24, 2.45) is 5.92 Å². The number of aliphatic carboxylic acids is 1. The summed E-state index contributed by atoms with van der Waals surface area (Å²) in [4.78, 5) is 22.1. The second kappa shape index (κ2) is 6.55. The molecule has 0 radical (unpaired) electrons. The third-order valence-corrected chi connectivity index (χ3v) is 3.24. The molecule has 1 unspecified atom stereocenters. The number of carboxylic acids is 1. The zero-order valence-corrected chi connectivity index (χ0v) is 10.9. The molecule has 1 amide bonds. The number of sulfonamides is 1. The second-order valence-corrected chi connectivity index (χ2v) is 5.98. The minimum atomic E-state index is -3.67. The normalized spacial score (nSPS) is 13.4. The van der Waals surface area contributed by atoms with Gasteiger partial charge in [0.2, 0.25) is 15.9 Å². The highest BCUT2D eigenvalue weighted by Gasteiger charge is 2.23. The number of carbonyl (C=O) groups is 2. The van der Waals surface area contributed by atoms with Crippen LogP contribution in [0, 0.1) is 5.92 Å². The topological polar surface area (TPSA) is 113 Å². The van der Waals surface area contributed by atoms with Gasteiger partial charge in [-0.2, -0.15) is 0 Å². The average Bonchev–Trinajstić information content (AvgIpc) is 2.15. The Balaban J connectivity index is 4.47. The van der Waals surface area contributed by atoms with Gasteiger partial charge in [-0.05, 0) is 19.4 Å². The molecule has 0 fully saturated rings. The lowest BCUT2D eigenvalue weighted by Gasteiger charge is -2.16. The predicted octanol–water partition coefficient (Wildman–Crippen LogP) is -0.849. The molecule has 0 aliphatic carbocycles. The molecule has 17 heavy (non-hydrogen) atoms. The Kier molecular flexibility index (Phi) is 6.11. The Hall–Kier alpha value is -1.15. The fourth-order valence-electron chi connectivity index (χ4n) is 1.17. The third-order valence-electron chi connectivity index (χ3n) is 1.97. The molecular formula is C9H18N2O5S. The first kappa shape index (κ1) is 15.9. The third kappa shape index (κ3) is 6.90. The fraction of sp³-hybridized carbons (Fsp3) is 0.778. The molecule has 3 N–H and O–H groups in total. The lowest BCUT2D eigenvalue weighted by molar-refractivity contribution is -0.141. The van der Waals surface area contributed by atoms with E-state index < -0.39 is 33.7 Å². The van der Waals surface area contributed by atoms with Gasteiger partial charge in [0.25, 0.3) is 0 Å². The van der Waals surface area contributed by atoms with Crippen LogP contribution in [0.2, 0.25) is 0 Å². The van der Waals surface area contributed by atoms with Crippen molar-refractivity contribution in [3.05, 3.63) is 0 Å². The van der Waals surface area contributed by atoms with Crippen LogP contribution in [0.15, 0.2) is 0 Å². The van der Waals surface area contributed by atoms with Crippen LogP contribution in [0.25, 0.3) is 0 Å². The number of carboxylic acid groups (broad SMARTS) is 1. The first-order chi connectivity index (χ1) is 7.68. The van der Waals surface area contributed by atoms with Crippen LogP contribution >= 0.6 is 0 Å². The highest BCUT2D eigenvalue weighted by molar-refractivity contribution is 7.90. The van der Waals surface area contributed by atoms with Crippen molar-refractivity contribution in [1.82, 2.24) is 10.0 Å². The molecule has 0 aliphatic rings. The Morgan fingerprint density at radius 3 is 2.18 bits per heavy atom. The van der Waals surface area contributed by atoms with E-state index in [0.717, 1.165) is 0 Å². The molecule has 0 aromatic rings. The van der Waals surface area contributed by atoms with Crippen molar-refractivity contribution in [2.75, 3.05) is 12.8 Å². The van der Waals surface area contributed by atoms with E-state index in [2.05, 4.69) is 5.32 Å². The molecule has 1 atom stereocenters. The maximum Gasteiger partial charge on any atom is 0.326 e. The largest absolute Gasteiger partial charge is 0.480 e. The van der Waals surface area contributed by atoms with Gasteiger partial charge in [-0.15, -0.1) is 0 Å². The Morgan fingerprint density at radius 2 is 1.82 bits per heavy atom. The van der Waals surface area contributed by atoms with Crippen molar-refractivity contribution < 1.29 is 23.1 Å². The number of carbonyl (C=O) groups excluding carboxylic acids is 1. The first-order valence-corrected chi connectivity index (χ1v) is 6.76. The summed E-state index contributed by atoms with van der Waals surface area (Å²) in [7, 11) is -2.49. The molecule has 0 aromatic carbocycles. The summed E-state index contributed by atoms with van der Waals surface area (Å²) in [6.45, 7) is 3.62. The summed E-state index contributed by atoms with van der Waals surface area (Å²) in [5.41, 5.74) is 0. The minimum absolute atomic E-state index is 0.0808. The van der Waals surface area contributed by atoms with E-state index in [4.69, 9.17) is 5.11 Å². The van der Waals surface area contributed by atoms with Gasteiger partial charge in [-0.25, -0.2) is 17.9 Å². The highest BCUT2D eigenvalue weighted by atomic mass is 32.2. The molecule has 0 aromatic heterocycles. The molecule has 8 heteroatoms. The lowest BCUT2D eigenvalue weighted by atomic mass is 10.0. The maximum absolute atomic E-state index is 11.3. The molecule has 0 rings (SSSR count). The van der Waals surface area contributed by atoms with Crippen LogP contribution in [0.3, 0.4) is 0 Å². The van der Waals surface area contributed by atoms with Crippen molar-refractivity contribution >= 4 is 21.9 Å². The minimum Gasteiger partial charge on any atom is -0.480 e. The number of hydrogen-bond acceptors (Lipinski definition) is 4. The molecular weight excluding hydrogens is 248 g/mol. The molecule has 0 saturated heterocycles. The molecule has 0 spiro atoms. The van der Waals surface area contributed by atoms with Crippen LogP contribution < -0.4 is 10.0 Å². The van der Waals surface area contributed by atoms with Crippen molar-refractivity contribution in [3.63, 3.8) is 0 Å². The summed E-state index contributed by atoms with van der Waals surface area (Å²) in [5, 5.41) is 11.0. The van der Waals surface area contributed by atoms with Crippen LogP contribution in [0.5, 0.6) is 0 Å². The summed E-state index contributed by atoms with van der Waals surface area (Å²) in [6, 6.07) is -1.06. The van der Waals surface area contributed by atoms with Gasteiger partial charge in [0, 0.05) is 0 Å². The van der Waals surface area contributed by atoms with Crippen molar-refractivity contribution in [1.29, 1.82) is 0 Å². The van der Waals surface area contributed by atoms with Gasteiger partial charge < -0.3 is 10.4 Å². The molecule has 0 bridgehead atoms. The predicted molar refractivity (Wildman–Crippen MR) is 61.9 cm³/mol. The van der Waals surface area contributed by atoms with Crippen molar-refractivity contribution in [2.45, 2.75) is 26.3 Å². The summed E-state index contributed by atoms with van der Waals surface area (Å²) < 4.78 is 24.1. The van der Waals surface area contributed by atoms with Gasteiger partial charge in [-0.3, -0.25) is 4.79 Å². The van der Waals surface area contributed by atoms with Gasteiger partial charge in [0.05, 0.1) is 0 Å². The summed E-state index contributed by atoms with van der Waals surface area (Å²) >= 11 is 0. The number of rotatable bonds is 7. The van der Waals surface area contributed by atoms with Crippen LogP contribution in [0.4, 0.5) is 0 Å². The summed E-state index contributed by atoms with van der Waals surface area (Å²) in [6.07, 6.45) is 0.251. The first-order valence-electron chi connectivity index (χ1n) is 5.11. The van der Waals surface area contributed by atoms with Gasteiger partial charge >= 0.3 is 5.97 Å². The number of hydrogen-bond donors (Lipinski definition) is 3. The molecule has 100 valence electrons. The van der Waals surface area contributed by atoms with Crippen LogP contribution in [0.1, 0.15) is 20.3 Å². The summed E-state index contributed by atoms with van der Waals surface area (Å²) in [5.74, 6) is -2.69. The number of nitrogens with one attached hydrogen (secondary N) is 2. The van der Waals surface area contributed by atoms with E-state index in [1.54, 1.807) is 0 Å². The number of amides is 1. The van der Waals surface area contributed by atoms with Crippen LogP contribution in [-0.2, 0) is 19.6 Å². The van der Waals surface area contributed by atoms with Gasteiger partial charge in [0.1, 0.15) is 11.8 Å². The quantitative estimate of drug-likeness (QED) is 0.555. The monoisotopic (exact) mass is 266 g/mol. The maximum atomic E-state index is 11.3. The second-order valence-electron chi connectivity index (χ2n) is 4.05. The zero-order valence-electron chi connectivity index (χ0n) is 10.1. The van der Waals surface area contributed by atoms with E-state index in [0.29, 0.717) is 0 Å². The van der Waals surface area contributed by atoms with Gasteiger partial charge in [-0.1, -0.05) is 13.8 Å². The van der Waals surface area contributed by atoms with E-state index >= 15 is 0 Å². The SMILES string of the molecule is CNS(=O)(=O)CC(=O)NC(CC(C)C)C(=O)O. The smallest absolute Gasteiger partial charge is 0.326 e. The van der Waals surface area contributed by atoms with E-state index in [1.165, 1.54) is 7.05 Å². The standard InChI is InChI=1S/C9H18N2O5S/c1-6(2)4-7(9(13)14)11-8(12)5-17(15,16)10-3/h6-7,10H,4-5H2,1-3H3,(H,11,12)(H,13,14). The highest BCUT2D eigenvalue weighted by Crippen LogP contribution is 2.04. The fourth-order valence-corrected chi connectivity index (χ4v) is 1.75.